The third-order valence-electron chi connectivity index (χ3n) is 5.54. The first-order chi connectivity index (χ1) is 14.6. The summed E-state index contributed by atoms with van der Waals surface area (Å²) in [7, 11) is 0. The van der Waals surface area contributed by atoms with Crippen LogP contribution in [0.4, 0.5) is 5.95 Å². The molecule has 2 aliphatic heterocycles. The Morgan fingerprint density at radius 2 is 2.13 bits per heavy atom. The molecular weight excluding hydrogens is 384 g/mol. The Balaban J connectivity index is 1.32. The highest BCUT2D eigenvalue weighted by Gasteiger charge is 2.44. The predicted octanol–water partition coefficient (Wildman–Crippen LogP) is 2.05. The summed E-state index contributed by atoms with van der Waals surface area (Å²) in [6.45, 7) is 4.65. The van der Waals surface area contributed by atoms with Gasteiger partial charge in [0.2, 0.25) is 5.95 Å². The van der Waals surface area contributed by atoms with Gasteiger partial charge in [-0.05, 0) is 37.5 Å². The molecule has 0 aliphatic carbocycles. The van der Waals surface area contributed by atoms with Crippen molar-refractivity contribution in [2.24, 2.45) is 0 Å². The lowest BCUT2D eigenvalue weighted by Gasteiger charge is -2.32. The molecule has 0 bridgehead atoms. The number of hydrogen-bond acceptors (Lipinski definition) is 7. The number of amides is 1. The summed E-state index contributed by atoms with van der Waals surface area (Å²) in [4.78, 5) is 23.0. The monoisotopic (exact) mass is 412 g/mol. The number of para-hydroxylation sites is 1. The molecule has 8 heteroatoms. The zero-order valence-electron chi connectivity index (χ0n) is 17.3. The molecule has 1 aromatic carbocycles. The van der Waals surface area contributed by atoms with E-state index in [-0.39, 0.29) is 18.6 Å². The van der Waals surface area contributed by atoms with Crippen LogP contribution in [0.3, 0.4) is 0 Å². The fraction of sp³-hybridized carbons (Fsp3) is 0.500. The van der Waals surface area contributed by atoms with Gasteiger partial charge in [0.1, 0.15) is 11.4 Å². The summed E-state index contributed by atoms with van der Waals surface area (Å²) in [5.41, 5.74) is 0.538. The first-order valence-corrected chi connectivity index (χ1v) is 10.4. The lowest BCUT2D eigenvalue weighted by Crippen LogP contribution is -2.48. The number of aromatic nitrogens is 2. The van der Waals surface area contributed by atoms with Crippen molar-refractivity contribution >= 4 is 11.9 Å². The van der Waals surface area contributed by atoms with E-state index in [1.54, 1.807) is 23.4 Å². The van der Waals surface area contributed by atoms with Gasteiger partial charge in [-0.1, -0.05) is 18.2 Å². The minimum Gasteiger partial charge on any atom is -0.484 e. The molecule has 0 radical (unpaired) electrons. The first-order valence-electron chi connectivity index (χ1n) is 10.4. The van der Waals surface area contributed by atoms with Gasteiger partial charge in [-0.2, -0.15) is 0 Å². The molecule has 2 aromatic rings. The van der Waals surface area contributed by atoms with Crippen molar-refractivity contribution in [3.8, 4) is 5.75 Å². The fourth-order valence-electron chi connectivity index (χ4n) is 3.92. The highest BCUT2D eigenvalue weighted by molar-refractivity contribution is 5.78. The fourth-order valence-corrected chi connectivity index (χ4v) is 3.92. The summed E-state index contributed by atoms with van der Waals surface area (Å²) in [5, 5.41) is 3.21. The smallest absolute Gasteiger partial charge is 0.260 e. The molecule has 0 saturated carbocycles. The summed E-state index contributed by atoms with van der Waals surface area (Å²) in [6, 6.07) is 9.48. The Morgan fingerprint density at radius 1 is 1.30 bits per heavy atom. The normalized spacial score (nSPS) is 23.9. The average Bonchev–Trinajstić information content (AvgIpc) is 3.04. The number of nitrogens with zero attached hydrogens (tertiary/aromatic N) is 3. The quantitative estimate of drug-likeness (QED) is 0.777. The minimum absolute atomic E-state index is 0.0112. The Bertz CT molecular complexity index is 850. The van der Waals surface area contributed by atoms with Crippen LogP contribution < -0.4 is 10.1 Å². The second-order valence-electron chi connectivity index (χ2n) is 7.84. The average molecular weight is 412 g/mol. The zero-order chi connectivity index (χ0) is 20.8. The van der Waals surface area contributed by atoms with Crippen LogP contribution in [0.25, 0.3) is 0 Å². The lowest BCUT2D eigenvalue weighted by molar-refractivity contribution is -0.137. The number of carbonyl (C=O) groups excluding carboxylic acids is 1. The summed E-state index contributed by atoms with van der Waals surface area (Å²) in [6.07, 6.45) is 5.17. The number of ether oxygens (including phenoxy) is 3. The molecule has 1 aromatic heterocycles. The second kappa shape index (κ2) is 9.40. The standard InChI is InChI=1S/C22H28N4O4/c1-17-5-2-3-6-19(17)29-14-20(27)26-11-12-28-16-22(15-26)8-7-18(30-22)13-25-21-23-9-4-10-24-21/h2-6,9-10,18H,7-8,11-16H2,1H3,(H,23,24,25)/t18-,22+/m0/s1. The largest absolute Gasteiger partial charge is 0.484 e. The molecule has 3 heterocycles. The molecule has 2 atom stereocenters. The van der Waals surface area contributed by atoms with Crippen LogP contribution in [0.15, 0.2) is 42.7 Å². The third kappa shape index (κ3) is 5.06. The number of carbonyl (C=O) groups is 1. The number of aryl methyl sites for hydroxylation is 1. The van der Waals surface area contributed by atoms with Crippen LogP contribution in [0, 0.1) is 6.92 Å². The Labute approximate surface area is 176 Å². The van der Waals surface area contributed by atoms with Crippen molar-refractivity contribution in [3.63, 3.8) is 0 Å². The summed E-state index contributed by atoms with van der Waals surface area (Å²) >= 11 is 0. The minimum atomic E-state index is -0.473. The molecule has 2 fully saturated rings. The molecule has 160 valence electrons. The molecule has 8 nitrogen and oxygen atoms in total. The number of benzene rings is 1. The van der Waals surface area contributed by atoms with Crippen LogP contribution in [-0.2, 0) is 14.3 Å². The van der Waals surface area contributed by atoms with E-state index < -0.39 is 5.60 Å². The van der Waals surface area contributed by atoms with Crippen molar-refractivity contribution in [3.05, 3.63) is 48.3 Å². The van der Waals surface area contributed by atoms with Crippen LogP contribution in [0.2, 0.25) is 0 Å². The van der Waals surface area contributed by atoms with Gasteiger partial charge in [0.25, 0.3) is 5.91 Å². The molecule has 2 aliphatic rings. The predicted molar refractivity (Wildman–Crippen MR) is 111 cm³/mol. The number of nitrogens with one attached hydrogen (secondary N) is 1. The molecule has 1 amide bonds. The zero-order valence-corrected chi connectivity index (χ0v) is 17.3. The second-order valence-corrected chi connectivity index (χ2v) is 7.84. The molecule has 2 saturated heterocycles. The van der Waals surface area contributed by atoms with Crippen molar-refractivity contribution in [1.82, 2.24) is 14.9 Å². The van der Waals surface area contributed by atoms with Crippen molar-refractivity contribution in [2.75, 3.05) is 44.8 Å². The van der Waals surface area contributed by atoms with Crippen molar-refractivity contribution in [1.29, 1.82) is 0 Å². The summed E-state index contributed by atoms with van der Waals surface area (Å²) in [5.74, 6) is 1.27. The van der Waals surface area contributed by atoms with E-state index in [0.29, 0.717) is 38.8 Å². The Kier molecular flexibility index (Phi) is 6.44. The van der Waals surface area contributed by atoms with Gasteiger partial charge < -0.3 is 24.4 Å². The third-order valence-corrected chi connectivity index (χ3v) is 5.54. The van der Waals surface area contributed by atoms with E-state index >= 15 is 0 Å². The molecule has 30 heavy (non-hydrogen) atoms. The van der Waals surface area contributed by atoms with Gasteiger partial charge in [0.05, 0.1) is 25.9 Å². The molecule has 1 N–H and O–H groups in total. The van der Waals surface area contributed by atoms with Gasteiger partial charge >= 0.3 is 0 Å². The molecular formula is C22H28N4O4. The van der Waals surface area contributed by atoms with Crippen molar-refractivity contribution in [2.45, 2.75) is 31.5 Å². The van der Waals surface area contributed by atoms with Gasteiger partial charge in [-0.3, -0.25) is 4.79 Å². The van der Waals surface area contributed by atoms with E-state index in [2.05, 4.69) is 15.3 Å². The highest BCUT2D eigenvalue weighted by atomic mass is 16.6. The van der Waals surface area contributed by atoms with Gasteiger partial charge in [0.15, 0.2) is 6.61 Å². The number of rotatable bonds is 6. The van der Waals surface area contributed by atoms with E-state index in [1.807, 2.05) is 31.2 Å². The Morgan fingerprint density at radius 3 is 2.97 bits per heavy atom. The number of hydrogen-bond donors (Lipinski definition) is 1. The lowest BCUT2D eigenvalue weighted by atomic mass is 10.00. The Hall–Kier alpha value is -2.71. The van der Waals surface area contributed by atoms with Crippen LogP contribution >= 0.6 is 0 Å². The van der Waals surface area contributed by atoms with Crippen molar-refractivity contribution < 1.29 is 19.0 Å². The van der Waals surface area contributed by atoms with Gasteiger partial charge in [-0.15, -0.1) is 0 Å². The van der Waals surface area contributed by atoms with Crippen LogP contribution in [0.5, 0.6) is 5.75 Å². The number of anilines is 1. The van der Waals surface area contributed by atoms with Gasteiger partial charge in [0, 0.05) is 25.5 Å². The maximum absolute atomic E-state index is 12.8. The SMILES string of the molecule is Cc1ccccc1OCC(=O)N1CCOC[C@@]2(CC[C@@H](CNc3ncccn3)O2)C1. The van der Waals surface area contributed by atoms with Gasteiger partial charge in [-0.25, -0.2) is 9.97 Å². The molecule has 1 spiro atoms. The maximum Gasteiger partial charge on any atom is 0.260 e. The van der Waals surface area contributed by atoms with E-state index in [9.17, 15) is 4.79 Å². The maximum atomic E-state index is 12.8. The first kappa shape index (κ1) is 20.6. The van der Waals surface area contributed by atoms with E-state index in [4.69, 9.17) is 14.2 Å². The van der Waals surface area contributed by atoms with Crippen LogP contribution in [0.1, 0.15) is 18.4 Å². The summed E-state index contributed by atoms with van der Waals surface area (Å²) < 4.78 is 17.9. The van der Waals surface area contributed by atoms with E-state index in [0.717, 1.165) is 24.2 Å². The molecule has 4 rings (SSSR count). The molecule has 0 unspecified atom stereocenters. The van der Waals surface area contributed by atoms with E-state index in [1.165, 1.54) is 0 Å². The van der Waals surface area contributed by atoms with Crippen LogP contribution in [-0.4, -0.2) is 71.9 Å². The highest BCUT2D eigenvalue weighted by Crippen LogP contribution is 2.33. The topological polar surface area (TPSA) is 85.8 Å².